The molecule has 1 aliphatic heterocycles. The Kier molecular flexibility index (Phi) is 4.94. The molecule has 2 heteroatoms. The zero-order valence-corrected chi connectivity index (χ0v) is 13.4. The molecule has 2 nitrogen and oxygen atoms in total. The van der Waals surface area contributed by atoms with Gasteiger partial charge in [-0.3, -0.25) is 0 Å². The van der Waals surface area contributed by atoms with E-state index >= 15 is 0 Å². The van der Waals surface area contributed by atoms with Gasteiger partial charge in [-0.1, -0.05) is 33.6 Å². The van der Waals surface area contributed by atoms with Crippen LogP contribution in [-0.4, -0.2) is 31.1 Å². The van der Waals surface area contributed by atoms with E-state index in [4.69, 9.17) is 5.73 Å². The maximum absolute atomic E-state index is 5.99. The molecule has 0 aromatic rings. The Balaban J connectivity index is 1.77. The van der Waals surface area contributed by atoms with Crippen molar-refractivity contribution in [3.05, 3.63) is 0 Å². The summed E-state index contributed by atoms with van der Waals surface area (Å²) < 4.78 is 0. The predicted octanol–water partition coefficient (Wildman–Crippen LogP) is 3.65. The Labute approximate surface area is 120 Å². The molecule has 1 atom stereocenters. The number of piperidine rings is 1. The quantitative estimate of drug-likeness (QED) is 0.841. The molecular weight excluding hydrogens is 232 g/mol. The van der Waals surface area contributed by atoms with Crippen LogP contribution in [0.2, 0.25) is 0 Å². The minimum Gasteiger partial charge on any atom is -0.330 e. The Bertz CT molecular complexity index is 263. The number of nitrogens with zero attached hydrogens (tertiary/aromatic N) is 1. The monoisotopic (exact) mass is 266 g/mol. The van der Waals surface area contributed by atoms with Crippen LogP contribution < -0.4 is 5.73 Å². The third kappa shape index (κ3) is 4.46. The lowest BCUT2D eigenvalue weighted by Gasteiger charge is -2.41. The van der Waals surface area contributed by atoms with Gasteiger partial charge in [0.15, 0.2) is 0 Å². The number of hydrogen-bond acceptors (Lipinski definition) is 2. The first kappa shape index (κ1) is 15.3. The van der Waals surface area contributed by atoms with Gasteiger partial charge in [0, 0.05) is 6.54 Å². The first-order chi connectivity index (χ1) is 8.92. The van der Waals surface area contributed by atoms with Gasteiger partial charge in [-0.2, -0.15) is 0 Å². The van der Waals surface area contributed by atoms with E-state index in [1.165, 1.54) is 64.6 Å². The van der Waals surface area contributed by atoms with Gasteiger partial charge in [-0.05, 0) is 68.5 Å². The minimum atomic E-state index is 0.409. The van der Waals surface area contributed by atoms with Crippen LogP contribution in [-0.2, 0) is 0 Å². The molecule has 2 N–H and O–H groups in total. The Hall–Kier alpha value is -0.0800. The van der Waals surface area contributed by atoms with E-state index in [-0.39, 0.29) is 0 Å². The second-order valence-electron chi connectivity index (χ2n) is 8.37. The zero-order valence-electron chi connectivity index (χ0n) is 13.4. The molecule has 1 aliphatic carbocycles. The van der Waals surface area contributed by atoms with Gasteiger partial charge in [-0.15, -0.1) is 0 Å². The Morgan fingerprint density at radius 2 is 1.63 bits per heavy atom. The highest BCUT2D eigenvalue weighted by Crippen LogP contribution is 2.46. The third-order valence-electron chi connectivity index (χ3n) is 5.33. The lowest BCUT2D eigenvalue weighted by molar-refractivity contribution is 0.0897. The SMILES string of the molecule is CC(C)(C)CC(CN)CN1CCC2(CCCC2)CC1. The summed E-state index contributed by atoms with van der Waals surface area (Å²) in [5.74, 6) is 0.678. The number of nitrogens with two attached hydrogens (primary N) is 1. The summed E-state index contributed by atoms with van der Waals surface area (Å²) in [4.78, 5) is 2.69. The molecule has 0 amide bonds. The van der Waals surface area contributed by atoms with E-state index in [1.807, 2.05) is 0 Å². The van der Waals surface area contributed by atoms with Crippen LogP contribution in [0, 0.1) is 16.7 Å². The van der Waals surface area contributed by atoms with Crippen LogP contribution in [0.3, 0.4) is 0 Å². The summed E-state index contributed by atoms with van der Waals surface area (Å²) >= 11 is 0. The molecule has 1 heterocycles. The predicted molar refractivity (Wildman–Crippen MR) is 83.2 cm³/mol. The molecule has 1 unspecified atom stereocenters. The van der Waals surface area contributed by atoms with Crippen molar-refractivity contribution in [2.24, 2.45) is 22.5 Å². The van der Waals surface area contributed by atoms with E-state index in [9.17, 15) is 0 Å². The molecule has 0 radical (unpaired) electrons. The molecule has 0 aromatic carbocycles. The first-order valence-electron chi connectivity index (χ1n) is 8.35. The van der Waals surface area contributed by atoms with Crippen LogP contribution in [0.25, 0.3) is 0 Å². The molecule has 0 bridgehead atoms. The highest BCUT2D eigenvalue weighted by molar-refractivity contribution is 4.90. The molecule has 2 rings (SSSR count). The van der Waals surface area contributed by atoms with Gasteiger partial charge in [-0.25, -0.2) is 0 Å². The minimum absolute atomic E-state index is 0.409. The summed E-state index contributed by atoms with van der Waals surface area (Å²) in [7, 11) is 0. The Morgan fingerprint density at radius 1 is 1.05 bits per heavy atom. The van der Waals surface area contributed by atoms with E-state index in [2.05, 4.69) is 25.7 Å². The van der Waals surface area contributed by atoms with Gasteiger partial charge in [0.1, 0.15) is 0 Å². The van der Waals surface area contributed by atoms with Crippen LogP contribution in [0.5, 0.6) is 0 Å². The fourth-order valence-corrected chi connectivity index (χ4v) is 4.29. The lowest BCUT2D eigenvalue weighted by atomic mass is 9.76. The normalized spacial score (nSPS) is 25.9. The van der Waals surface area contributed by atoms with Crippen LogP contribution in [0.15, 0.2) is 0 Å². The molecule has 1 spiro atoms. The number of likely N-dealkylation sites (tertiary alicyclic amines) is 1. The summed E-state index contributed by atoms with van der Waals surface area (Å²) in [6.45, 7) is 11.7. The maximum atomic E-state index is 5.99. The summed E-state index contributed by atoms with van der Waals surface area (Å²) in [6, 6.07) is 0. The van der Waals surface area contributed by atoms with Crippen LogP contribution >= 0.6 is 0 Å². The van der Waals surface area contributed by atoms with Gasteiger partial charge in [0.05, 0.1) is 0 Å². The Morgan fingerprint density at radius 3 is 2.11 bits per heavy atom. The van der Waals surface area contributed by atoms with Crippen molar-refractivity contribution in [2.75, 3.05) is 26.2 Å². The van der Waals surface area contributed by atoms with Crippen molar-refractivity contribution < 1.29 is 0 Å². The molecule has 0 aromatic heterocycles. The van der Waals surface area contributed by atoms with E-state index < -0.39 is 0 Å². The van der Waals surface area contributed by atoms with Crippen LogP contribution in [0.1, 0.15) is 65.7 Å². The fourth-order valence-electron chi connectivity index (χ4n) is 4.29. The van der Waals surface area contributed by atoms with Crippen molar-refractivity contribution in [1.82, 2.24) is 4.90 Å². The molecule has 19 heavy (non-hydrogen) atoms. The van der Waals surface area contributed by atoms with E-state index in [1.54, 1.807) is 0 Å². The highest BCUT2D eigenvalue weighted by Gasteiger charge is 2.37. The average Bonchev–Trinajstić information content (AvgIpc) is 2.78. The van der Waals surface area contributed by atoms with Gasteiger partial charge in [0.2, 0.25) is 0 Å². The largest absolute Gasteiger partial charge is 0.330 e. The second kappa shape index (κ2) is 6.13. The maximum Gasteiger partial charge on any atom is 0.00219 e. The van der Waals surface area contributed by atoms with Crippen molar-refractivity contribution in [2.45, 2.75) is 65.7 Å². The second-order valence-corrected chi connectivity index (χ2v) is 8.37. The van der Waals surface area contributed by atoms with Crippen molar-refractivity contribution >= 4 is 0 Å². The van der Waals surface area contributed by atoms with Crippen molar-refractivity contribution in [3.8, 4) is 0 Å². The highest BCUT2D eigenvalue weighted by atomic mass is 15.1. The summed E-state index contributed by atoms with van der Waals surface area (Å²) in [5, 5.41) is 0. The molecule has 1 saturated heterocycles. The summed E-state index contributed by atoms with van der Waals surface area (Å²) in [6.07, 6.45) is 10.1. The third-order valence-corrected chi connectivity index (χ3v) is 5.33. The molecule has 2 fully saturated rings. The van der Waals surface area contributed by atoms with E-state index in [0.29, 0.717) is 11.3 Å². The number of rotatable bonds is 4. The number of hydrogen-bond donors (Lipinski definition) is 1. The molecule has 2 aliphatic rings. The molecule has 112 valence electrons. The average molecular weight is 266 g/mol. The van der Waals surface area contributed by atoms with Gasteiger partial charge >= 0.3 is 0 Å². The molecule has 1 saturated carbocycles. The van der Waals surface area contributed by atoms with Crippen molar-refractivity contribution in [3.63, 3.8) is 0 Å². The fraction of sp³-hybridized carbons (Fsp3) is 1.00. The van der Waals surface area contributed by atoms with Crippen LogP contribution in [0.4, 0.5) is 0 Å². The lowest BCUT2D eigenvalue weighted by Crippen LogP contribution is -2.42. The van der Waals surface area contributed by atoms with E-state index in [0.717, 1.165) is 12.0 Å². The zero-order chi connectivity index (χ0) is 13.9. The molecular formula is C17H34N2. The van der Waals surface area contributed by atoms with Gasteiger partial charge < -0.3 is 10.6 Å². The van der Waals surface area contributed by atoms with Crippen molar-refractivity contribution in [1.29, 1.82) is 0 Å². The standard InChI is InChI=1S/C17H34N2/c1-16(2,3)12-15(13-18)14-19-10-8-17(9-11-19)6-4-5-7-17/h15H,4-14,18H2,1-3H3. The smallest absolute Gasteiger partial charge is 0.00219 e. The topological polar surface area (TPSA) is 29.3 Å². The first-order valence-corrected chi connectivity index (χ1v) is 8.35. The summed E-state index contributed by atoms with van der Waals surface area (Å²) in [5.41, 5.74) is 7.14. The van der Waals surface area contributed by atoms with Gasteiger partial charge in [0.25, 0.3) is 0 Å².